The van der Waals surface area contributed by atoms with Crippen LogP contribution in [-0.2, 0) is 25.8 Å². The zero-order chi connectivity index (χ0) is 41.2. The average molecular weight is 848 g/mol. The standard InChI is InChI=1S/C51H40N5O.Pd/c1-35-30-48(52-33-43(35)36-16-7-5-8-17-36)56-47-32-40(26-27-42(47)49-50(56)41-22-11-13-24-45(41)55(49)37-18-9-6-10-19-37)57-39-21-15-20-38(31-39)53-28-29-54(34-53)46-25-14-12-23-44(46)51(2,3)4;/h5-30,33-34H,1-4H3;/q-3;/i1D3;. The van der Waals surface area contributed by atoms with Gasteiger partial charge in [0.25, 0.3) is 0 Å². The van der Waals surface area contributed by atoms with E-state index in [0.717, 1.165) is 49.9 Å². The molecular weight excluding hydrogens is 805 g/mol. The van der Waals surface area contributed by atoms with E-state index < -0.39 is 6.85 Å². The van der Waals surface area contributed by atoms with Crippen LogP contribution in [0, 0.1) is 25.7 Å². The van der Waals surface area contributed by atoms with Crippen molar-refractivity contribution in [2.75, 3.05) is 9.80 Å². The van der Waals surface area contributed by atoms with Crippen LogP contribution < -0.4 is 14.5 Å². The molecule has 0 spiro atoms. The number of pyridine rings is 1. The van der Waals surface area contributed by atoms with Gasteiger partial charge in [-0.1, -0.05) is 117 Å². The molecule has 0 radical (unpaired) electrons. The molecule has 10 rings (SSSR count). The SMILES string of the molecule is [2H]C([2H])([2H])c1cc(-n2c3[c-]c(Oc4[c-]c(N5C=CN(c6ccccc6C(C)(C)C)[CH-]5)ccc4)ccc3c3c2c2ccccc2n3-c2ccccc2)ncc1-c1ccccc1.[Pd]. The van der Waals surface area contributed by atoms with Gasteiger partial charge < -0.3 is 23.7 Å². The van der Waals surface area contributed by atoms with Crippen molar-refractivity contribution in [3.8, 4) is 34.1 Å². The summed E-state index contributed by atoms with van der Waals surface area (Å²) in [5.41, 5.74) is 9.29. The van der Waals surface area contributed by atoms with Crippen molar-refractivity contribution in [2.45, 2.75) is 33.0 Å². The number of nitrogens with zero attached hydrogens (tertiary/aromatic N) is 5. The molecule has 6 nitrogen and oxygen atoms in total. The molecule has 0 saturated heterocycles. The Labute approximate surface area is 357 Å². The summed E-state index contributed by atoms with van der Waals surface area (Å²) in [5.74, 6) is 1.47. The first-order valence-electron chi connectivity index (χ1n) is 20.5. The summed E-state index contributed by atoms with van der Waals surface area (Å²) in [6.07, 6.45) is 5.74. The first-order valence-corrected chi connectivity index (χ1v) is 19.0. The summed E-state index contributed by atoms with van der Waals surface area (Å²) in [5, 5.41) is 1.90. The van der Waals surface area contributed by atoms with E-state index in [-0.39, 0.29) is 31.4 Å². The van der Waals surface area contributed by atoms with Crippen molar-refractivity contribution in [3.63, 3.8) is 0 Å². The Hall–Kier alpha value is -6.39. The summed E-state index contributed by atoms with van der Waals surface area (Å²) in [4.78, 5) is 9.15. The molecule has 0 atom stereocenters. The van der Waals surface area contributed by atoms with Gasteiger partial charge >= 0.3 is 0 Å². The molecule has 0 fully saturated rings. The molecule has 0 amide bonds. The van der Waals surface area contributed by atoms with Crippen LogP contribution >= 0.6 is 0 Å². The number of para-hydroxylation sites is 3. The van der Waals surface area contributed by atoms with E-state index in [9.17, 15) is 0 Å². The van der Waals surface area contributed by atoms with Gasteiger partial charge in [0, 0.05) is 70.1 Å². The Morgan fingerprint density at radius 1 is 0.672 bits per heavy atom. The number of aryl methyl sites for hydroxylation is 1. The smallest absolute Gasteiger partial charge is 0.135 e. The first kappa shape index (κ1) is 33.7. The van der Waals surface area contributed by atoms with Crippen LogP contribution in [0.25, 0.3) is 55.5 Å². The van der Waals surface area contributed by atoms with Gasteiger partial charge in [-0.2, -0.15) is 12.1 Å². The van der Waals surface area contributed by atoms with E-state index in [4.69, 9.17) is 13.8 Å². The number of ether oxygens (including phenoxy) is 1. The topological polar surface area (TPSA) is 38.5 Å². The van der Waals surface area contributed by atoms with Gasteiger partial charge in [0.15, 0.2) is 0 Å². The van der Waals surface area contributed by atoms with Crippen molar-refractivity contribution in [3.05, 3.63) is 194 Å². The van der Waals surface area contributed by atoms with Gasteiger partial charge in [0.1, 0.15) is 5.82 Å². The molecule has 58 heavy (non-hydrogen) atoms. The molecule has 3 aromatic heterocycles. The number of benzene rings is 6. The van der Waals surface area contributed by atoms with Crippen LogP contribution in [0.2, 0.25) is 0 Å². The predicted molar refractivity (Wildman–Crippen MR) is 233 cm³/mol. The zero-order valence-electron chi connectivity index (χ0n) is 35.1. The maximum Gasteiger partial charge on any atom is 0.135 e. The van der Waals surface area contributed by atoms with Crippen LogP contribution in [0.4, 0.5) is 11.4 Å². The molecule has 1 aliphatic rings. The minimum Gasteiger partial charge on any atom is -0.509 e. The number of rotatable bonds is 7. The fraction of sp³-hybridized carbons (Fsp3) is 0.0980. The summed E-state index contributed by atoms with van der Waals surface area (Å²) in [6, 6.07) is 55.1. The molecule has 0 unspecified atom stereocenters. The molecular formula is C51H40N5OPd-3. The van der Waals surface area contributed by atoms with E-state index in [1.165, 1.54) is 5.56 Å². The van der Waals surface area contributed by atoms with Crippen LogP contribution in [0.15, 0.2) is 164 Å². The van der Waals surface area contributed by atoms with Crippen LogP contribution in [0.1, 0.15) is 36.0 Å². The van der Waals surface area contributed by atoms with E-state index in [0.29, 0.717) is 28.4 Å². The molecule has 6 aromatic carbocycles. The monoisotopic (exact) mass is 847 g/mol. The number of fused-ring (bicyclic) bond motifs is 5. The van der Waals surface area contributed by atoms with Crippen LogP contribution in [0.5, 0.6) is 11.5 Å². The molecule has 0 aliphatic carbocycles. The van der Waals surface area contributed by atoms with Gasteiger partial charge in [-0.25, -0.2) is 4.98 Å². The minimum atomic E-state index is -2.41. The van der Waals surface area contributed by atoms with Gasteiger partial charge in [0.2, 0.25) is 0 Å². The maximum atomic E-state index is 8.63. The predicted octanol–water partition coefficient (Wildman–Crippen LogP) is 12.7. The third-order valence-electron chi connectivity index (χ3n) is 10.5. The van der Waals surface area contributed by atoms with Gasteiger partial charge in [-0.05, 0) is 71.7 Å². The fourth-order valence-corrected chi connectivity index (χ4v) is 7.93. The second-order valence-corrected chi connectivity index (χ2v) is 15.3. The summed E-state index contributed by atoms with van der Waals surface area (Å²) in [7, 11) is 0. The van der Waals surface area contributed by atoms with Crippen molar-refractivity contribution in [1.82, 2.24) is 14.1 Å². The number of hydrogen-bond acceptors (Lipinski definition) is 4. The van der Waals surface area contributed by atoms with Crippen molar-refractivity contribution in [1.29, 1.82) is 0 Å². The summed E-state index contributed by atoms with van der Waals surface area (Å²) < 4.78 is 36.7. The zero-order valence-corrected chi connectivity index (χ0v) is 33.7. The Morgan fingerprint density at radius 3 is 2.19 bits per heavy atom. The molecule has 9 aromatic rings. The molecule has 288 valence electrons. The third kappa shape index (κ3) is 6.47. The Bertz CT molecular complexity index is 3090. The second-order valence-electron chi connectivity index (χ2n) is 15.3. The third-order valence-corrected chi connectivity index (χ3v) is 10.5. The Kier molecular flexibility index (Phi) is 8.63. The summed E-state index contributed by atoms with van der Waals surface area (Å²) >= 11 is 0. The van der Waals surface area contributed by atoms with Gasteiger partial charge in [0.05, 0.1) is 11.0 Å². The van der Waals surface area contributed by atoms with Gasteiger partial charge in [-0.15, -0.1) is 42.7 Å². The minimum absolute atomic E-state index is 0. The average Bonchev–Trinajstić information content (AvgIpc) is 3.97. The van der Waals surface area contributed by atoms with Crippen molar-refractivity contribution < 1.29 is 29.3 Å². The molecule has 4 heterocycles. The van der Waals surface area contributed by atoms with E-state index in [2.05, 4.69) is 97.1 Å². The van der Waals surface area contributed by atoms with E-state index in [1.807, 2.05) is 113 Å². The number of anilines is 2. The fourth-order valence-electron chi connectivity index (χ4n) is 7.93. The number of aromatic nitrogens is 3. The molecule has 0 saturated carbocycles. The molecule has 1 aliphatic heterocycles. The number of hydrogen-bond donors (Lipinski definition) is 0. The van der Waals surface area contributed by atoms with E-state index in [1.54, 1.807) is 12.3 Å². The summed E-state index contributed by atoms with van der Waals surface area (Å²) in [6.45, 7) is 6.31. The largest absolute Gasteiger partial charge is 0.509 e. The maximum absolute atomic E-state index is 8.63. The molecule has 7 heteroatoms. The molecule has 0 N–H and O–H groups in total. The van der Waals surface area contributed by atoms with Crippen molar-refractivity contribution in [2.24, 2.45) is 0 Å². The Morgan fingerprint density at radius 2 is 1.38 bits per heavy atom. The van der Waals surface area contributed by atoms with Crippen molar-refractivity contribution >= 4 is 44.2 Å². The quantitative estimate of drug-likeness (QED) is 0.118. The normalized spacial score (nSPS) is 13.8. The van der Waals surface area contributed by atoms with Gasteiger partial charge in [-0.3, -0.25) is 0 Å². The van der Waals surface area contributed by atoms with Crippen LogP contribution in [-0.4, -0.2) is 14.1 Å². The second kappa shape index (κ2) is 14.8. The first-order chi connectivity index (χ1) is 29.0. The molecule has 0 bridgehead atoms. The van der Waals surface area contributed by atoms with E-state index >= 15 is 0 Å². The Balaban J connectivity index is 0.00000476. The van der Waals surface area contributed by atoms with Crippen LogP contribution in [0.3, 0.4) is 0 Å².